The molecule has 2 N–H and O–H groups in total. The van der Waals surface area contributed by atoms with Crippen LogP contribution in [0.3, 0.4) is 0 Å². The first-order valence-corrected chi connectivity index (χ1v) is 13.4. The Morgan fingerprint density at radius 2 is 1.53 bits per heavy atom. The zero-order chi connectivity index (χ0) is 27.1. The summed E-state index contributed by atoms with van der Waals surface area (Å²) in [6, 6.07) is 24.7. The van der Waals surface area contributed by atoms with Crippen LogP contribution >= 0.6 is 11.6 Å². The second kappa shape index (κ2) is 12.0. The Kier molecular flexibility index (Phi) is 8.52. The quantitative estimate of drug-likeness (QED) is 0.296. The minimum atomic E-state index is -3.91. The van der Waals surface area contributed by atoms with Crippen molar-refractivity contribution in [2.75, 3.05) is 0 Å². The summed E-state index contributed by atoms with van der Waals surface area (Å²) in [5.74, 6) is -1.74. The van der Waals surface area contributed by atoms with Crippen molar-refractivity contribution in [2.45, 2.75) is 24.0 Å². The number of sulfonamides is 1. The van der Waals surface area contributed by atoms with Crippen molar-refractivity contribution in [1.82, 2.24) is 14.6 Å². The highest BCUT2D eigenvalue weighted by atomic mass is 35.5. The molecule has 4 aromatic rings. The van der Waals surface area contributed by atoms with Crippen LogP contribution in [0.5, 0.6) is 0 Å². The number of carbonyl (C=O) groups is 2. The second-order valence-electron chi connectivity index (χ2n) is 8.40. The van der Waals surface area contributed by atoms with Crippen molar-refractivity contribution in [3.8, 4) is 0 Å². The molecule has 194 valence electrons. The van der Waals surface area contributed by atoms with Gasteiger partial charge in [-0.1, -0.05) is 60.1 Å². The molecule has 1 unspecified atom stereocenters. The molecule has 0 radical (unpaired) electrons. The van der Waals surface area contributed by atoms with Crippen LogP contribution in [0.2, 0.25) is 5.02 Å². The van der Waals surface area contributed by atoms with Gasteiger partial charge in [-0.05, 0) is 59.7 Å². The van der Waals surface area contributed by atoms with E-state index >= 15 is 0 Å². The maximum absolute atomic E-state index is 13.5. The summed E-state index contributed by atoms with van der Waals surface area (Å²) in [6.07, 6.45) is 1.59. The van der Waals surface area contributed by atoms with Crippen molar-refractivity contribution in [1.29, 1.82) is 0 Å². The highest BCUT2D eigenvalue weighted by Crippen LogP contribution is 2.23. The molecule has 1 aromatic heterocycles. The third-order valence-corrected chi connectivity index (χ3v) is 7.80. The van der Waals surface area contributed by atoms with Crippen LogP contribution < -0.4 is 5.32 Å². The topological polar surface area (TPSA) is 117 Å². The normalized spacial score (nSPS) is 12.2. The van der Waals surface area contributed by atoms with Gasteiger partial charge in [0, 0.05) is 23.3 Å². The Labute approximate surface area is 225 Å². The summed E-state index contributed by atoms with van der Waals surface area (Å²) >= 11 is 5.94. The van der Waals surface area contributed by atoms with E-state index in [9.17, 15) is 23.1 Å². The molecule has 0 bridgehead atoms. The molecule has 8 nitrogen and oxygen atoms in total. The lowest BCUT2D eigenvalue weighted by molar-refractivity contribution is -0.139. The number of benzene rings is 3. The molecule has 10 heteroatoms. The molecule has 0 saturated heterocycles. The van der Waals surface area contributed by atoms with Crippen molar-refractivity contribution < 1.29 is 23.1 Å². The molecule has 0 saturated carbocycles. The maximum atomic E-state index is 13.5. The number of rotatable bonds is 10. The van der Waals surface area contributed by atoms with E-state index in [4.69, 9.17) is 11.6 Å². The lowest BCUT2D eigenvalue weighted by Crippen LogP contribution is -2.33. The number of halogens is 1. The minimum absolute atomic E-state index is 0.0190. The smallest absolute Gasteiger partial charge is 0.330 e. The number of aliphatic carboxylic acids is 1. The molecule has 0 aliphatic carbocycles. The van der Waals surface area contributed by atoms with Gasteiger partial charge < -0.3 is 10.4 Å². The van der Waals surface area contributed by atoms with E-state index in [1.165, 1.54) is 40.7 Å². The molecular formula is C28H24ClN3O5S. The summed E-state index contributed by atoms with van der Waals surface area (Å²) < 4.78 is 28.3. The van der Waals surface area contributed by atoms with Crippen molar-refractivity contribution in [2.24, 2.45) is 0 Å². The van der Waals surface area contributed by atoms with Gasteiger partial charge in [0.15, 0.2) is 6.04 Å². The molecule has 1 atom stereocenters. The number of carbonyl (C=O) groups excluding carboxylic acids is 1. The Morgan fingerprint density at radius 1 is 0.868 bits per heavy atom. The number of nitrogens with zero attached hydrogens (tertiary/aromatic N) is 2. The van der Waals surface area contributed by atoms with Gasteiger partial charge >= 0.3 is 5.97 Å². The van der Waals surface area contributed by atoms with Gasteiger partial charge in [0.2, 0.25) is 10.0 Å². The number of pyridine rings is 1. The Hall–Kier alpha value is -4.05. The lowest BCUT2D eigenvalue weighted by atomic mass is 10.1. The Balaban J connectivity index is 1.55. The van der Waals surface area contributed by atoms with E-state index in [1.54, 1.807) is 66.9 Å². The average Bonchev–Trinajstić information content (AvgIpc) is 2.93. The van der Waals surface area contributed by atoms with Crippen LogP contribution in [0.1, 0.15) is 33.2 Å². The van der Waals surface area contributed by atoms with E-state index in [2.05, 4.69) is 10.3 Å². The number of amides is 1. The molecule has 4 rings (SSSR count). The number of hydrogen-bond acceptors (Lipinski definition) is 5. The second-order valence-corrected chi connectivity index (χ2v) is 10.8. The van der Waals surface area contributed by atoms with E-state index in [0.29, 0.717) is 21.8 Å². The predicted molar refractivity (Wildman–Crippen MR) is 143 cm³/mol. The highest BCUT2D eigenvalue weighted by molar-refractivity contribution is 7.89. The molecule has 1 heterocycles. The Bertz CT molecular complexity index is 1500. The van der Waals surface area contributed by atoms with Gasteiger partial charge in [0.05, 0.1) is 17.1 Å². The van der Waals surface area contributed by atoms with Crippen molar-refractivity contribution in [3.63, 3.8) is 0 Å². The van der Waals surface area contributed by atoms with Crippen LogP contribution in [-0.4, -0.2) is 34.7 Å². The lowest BCUT2D eigenvalue weighted by Gasteiger charge is -2.22. The largest absolute Gasteiger partial charge is 0.479 e. The first-order valence-electron chi connectivity index (χ1n) is 11.6. The van der Waals surface area contributed by atoms with E-state index < -0.39 is 27.9 Å². The molecule has 1 amide bonds. The predicted octanol–water partition coefficient (Wildman–Crippen LogP) is 4.68. The first kappa shape index (κ1) is 27.0. The average molecular weight is 550 g/mol. The van der Waals surface area contributed by atoms with Crippen LogP contribution in [0.15, 0.2) is 108 Å². The van der Waals surface area contributed by atoms with Crippen LogP contribution in [0.4, 0.5) is 0 Å². The van der Waals surface area contributed by atoms with Gasteiger partial charge in [0.1, 0.15) is 0 Å². The van der Waals surface area contributed by atoms with E-state index in [0.717, 1.165) is 0 Å². The third-order valence-electron chi connectivity index (χ3n) is 5.75. The molecule has 38 heavy (non-hydrogen) atoms. The minimum Gasteiger partial charge on any atom is -0.479 e. The summed E-state index contributed by atoms with van der Waals surface area (Å²) in [6.45, 7) is 0.0522. The van der Waals surface area contributed by atoms with Gasteiger partial charge in [0.25, 0.3) is 5.91 Å². The summed E-state index contributed by atoms with van der Waals surface area (Å²) in [4.78, 5) is 28.9. The van der Waals surface area contributed by atoms with E-state index in [-0.39, 0.29) is 23.5 Å². The summed E-state index contributed by atoms with van der Waals surface area (Å²) in [5, 5.41) is 12.5. The zero-order valence-corrected chi connectivity index (χ0v) is 21.6. The number of aromatic nitrogens is 1. The standard InChI is InChI=1S/C28H24ClN3O5S/c29-23-13-15-25(16-14-23)38(36,37)32(19-24-8-4-5-17-30-24)18-20-9-11-22(12-10-20)27(33)31-26(28(34)35)21-6-2-1-3-7-21/h1-17,26H,18-19H2,(H,31,33)(H,34,35). The first-order chi connectivity index (χ1) is 18.2. The maximum Gasteiger partial charge on any atom is 0.330 e. The molecular weight excluding hydrogens is 526 g/mol. The summed E-state index contributed by atoms with van der Waals surface area (Å²) in [5.41, 5.74) is 1.89. The van der Waals surface area contributed by atoms with Crippen molar-refractivity contribution >= 4 is 33.5 Å². The molecule has 0 aliphatic heterocycles. The molecule has 0 spiro atoms. The van der Waals surface area contributed by atoms with Gasteiger partial charge in [-0.2, -0.15) is 4.31 Å². The van der Waals surface area contributed by atoms with Crippen LogP contribution in [-0.2, 0) is 27.9 Å². The summed E-state index contributed by atoms with van der Waals surface area (Å²) in [7, 11) is -3.91. The highest BCUT2D eigenvalue weighted by Gasteiger charge is 2.26. The molecule has 3 aromatic carbocycles. The number of nitrogens with one attached hydrogen (secondary N) is 1. The zero-order valence-electron chi connectivity index (χ0n) is 20.1. The van der Waals surface area contributed by atoms with Crippen molar-refractivity contribution in [3.05, 3.63) is 131 Å². The van der Waals surface area contributed by atoms with Gasteiger partial charge in [-0.3, -0.25) is 9.78 Å². The fraction of sp³-hybridized carbons (Fsp3) is 0.107. The SMILES string of the molecule is O=C(NC(C(=O)O)c1ccccc1)c1ccc(CN(Cc2ccccn2)S(=O)(=O)c2ccc(Cl)cc2)cc1. The third kappa shape index (κ3) is 6.63. The number of carboxylic acid groups (broad SMARTS) is 1. The number of hydrogen-bond donors (Lipinski definition) is 2. The molecule has 0 aliphatic rings. The van der Waals surface area contributed by atoms with Crippen LogP contribution in [0.25, 0.3) is 0 Å². The van der Waals surface area contributed by atoms with Gasteiger partial charge in [-0.25, -0.2) is 13.2 Å². The fourth-order valence-corrected chi connectivity index (χ4v) is 5.29. The number of carboxylic acids is 1. The molecule has 0 fully saturated rings. The fourth-order valence-electron chi connectivity index (χ4n) is 3.77. The Morgan fingerprint density at radius 3 is 2.13 bits per heavy atom. The van der Waals surface area contributed by atoms with E-state index in [1.807, 2.05) is 0 Å². The van der Waals surface area contributed by atoms with Gasteiger partial charge in [-0.15, -0.1) is 0 Å². The van der Waals surface area contributed by atoms with Crippen LogP contribution in [0, 0.1) is 0 Å². The monoisotopic (exact) mass is 549 g/mol.